The van der Waals surface area contributed by atoms with Gasteiger partial charge in [0.1, 0.15) is 0 Å². The van der Waals surface area contributed by atoms with Crippen molar-refractivity contribution in [2.24, 2.45) is 10.7 Å². The number of amidine groups is 1. The van der Waals surface area contributed by atoms with E-state index in [0.29, 0.717) is 16.4 Å². The van der Waals surface area contributed by atoms with E-state index in [1.807, 2.05) is 14.1 Å². The molecule has 0 saturated carbocycles. The number of amides is 1. The van der Waals surface area contributed by atoms with Crippen molar-refractivity contribution in [2.45, 2.75) is 0 Å². The Morgan fingerprint density at radius 1 is 1.53 bits per heavy atom. The summed E-state index contributed by atoms with van der Waals surface area (Å²) in [7, 11) is 3.66. The molecule has 1 aromatic carbocycles. The summed E-state index contributed by atoms with van der Waals surface area (Å²) < 4.78 is 0. The number of nitriles is 1. The van der Waals surface area contributed by atoms with Gasteiger partial charge in [-0.15, -0.1) is 0 Å². The maximum Gasteiger partial charge on any atom is 0.250 e. The van der Waals surface area contributed by atoms with Gasteiger partial charge in [0.25, 0.3) is 5.91 Å². The number of nitrogens with one attached hydrogen (secondary N) is 1. The van der Waals surface area contributed by atoms with E-state index in [0.717, 1.165) is 5.69 Å². The first kappa shape index (κ1) is 14.9. The fourth-order valence-corrected chi connectivity index (χ4v) is 1.82. The molecule has 0 saturated heterocycles. The summed E-state index contributed by atoms with van der Waals surface area (Å²) >= 11 is 1.30. The zero-order valence-corrected chi connectivity index (χ0v) is 11.8. The Balaban J connectivity index is 3.23. The zero-order chi connectivity index (χ0) is 14.4. The number of primary amides is 1. The van der Waals surface area contributed by atoms with Gasteiger partial charge >= 0.3 is 0 Å². The highest BCUT2D eigenvalue weighted by Gasteiger charge is 2.11. The predicted octanol–water partition coefficient (Wildman–Crippen LogP) is 1.27. The van der Waals surface area contributed by atoms with Gasteiger partial charge in [-0.2, -0.15) is 5.26 Å². The maximum absolute atomic E-state index is 11.4. The second-order valence-electron chi connectivity index (χ2n) is 3.82. The molecule has 0 aliphatic carbocycles. The van der Waals surface area contributed by atoms with Crippen molar-refractivity contribution >= 4 is 34.2 Å². The molecule has 0 atom stereocenters. The van der Waals surface area contributed by atoms with Crippen molar-refractivity contribution in [2.75, 3.05) is 25.3 Å². The Hall–Kier alpha value is -2.20. The zero-order valence-electron chi connectivity index (χ0n) is 11.0. The number of carbonyl (C=O) groups is 1. The molecule has 1 rings (SSSR count). The number of rotatable bonds is 3. The Labute approximate surface area is 116 Å². The van der Waals surface area contributed by atoms with Gasteiger partial charge in [-0.1, -0.05) is 11.8 Å². The Kier molecular flexibility index (Phi) is 5.21. The largest absolute Gasteiger partial charge is 0.377 e. The van der Waals surface area contributed by atoms with Crippen molar-refractivity contribution in [3.05, 3.63) is 23.8 Å². The van der Waals surface area contributed by atoms with E-state index in [2.05, 4.69) is 10.3 Å². The highest BCUT2D eigenvalue weighted by atomic mass is 32.2. The molecule has 7 heteroatoms. The summed E-state index contributed by atoms with van der Waals surface area (Å²) in [5.41, 5.74) is 7.04. The highest BCUT2D eigenvalue weighted by Crippen LogP contribution is 2.24. The Bertz CT molecular complexity index is 548. The first-order valence-electron chi connectivity index (χ1n) is 5.38. The van der Waals surface area contributed by atoms with Crippen LogP contribution < -0.4 is 16.0 Å². The molecule has 100 valence electrons. The number of benzene rings is 1. The van der Waals surface area contributed by atoms with Crippen molar-refractivity contribution < 1.29 is 4.79 Å². The lowest BCUT2D eigenvalue weighted by molar-refractivity contribution is 0.100. The van der Waals surface area contributed by atoms with Crippen LogP contribution in [-0.4, -0.2) is 31.4 Å². The van der Waals surface area contributed by atoms with E-state index < -0.39 is 5.91 Å². The van der Waals surface area contributed by atoms with Crippen molar-refractivity contribution in [1.29, 1.82) is 5.26 Å². The summed E-state index contributed by atoms with van der Waals surface area (Å²) in [5.74, 6) is -0.514. The molecule has 6 nitrogen and oxygen atoms in total. The minimum absolute atomic E-state index is 0.392. The number of hydrogen-bond acceptors (Lipinski definition) is 5. The molecule has 0 aromatic heterocycles. The molecule has 0 unspecified atom stereocenters. The van der Waals surface area contributed by atoms with Crippen LogP contribution in [-0.2, 0) is 0 Å². The third-order valence-electron chi connectivity index (χ3n) is 2.31. The van der Waals surface area contributed by atoms with Gasteiger partial charge in [0.15, 0.2) is 11.4 Å². The third kappa shape index (κ3) is 3.89. The molecular weight excluding hydrogens is 262 g/mol. The van der Waals surface area contributed by atoms with Gasteiger partial charge in [-0.3, -0.25) is 10.1 Å². The molecule has 0 bridgehead atoms. The number of thioether (sulfide) groups is 1. The summed E-state index contributed by atoms with van der Waals surface area (Å²) in [6.07, 6.45) is 3.60. The average Bonchev–Trinajstić information content (AvgIpc) is 2.37. The Morgan fingerprint density at radius 3 is 2.68 bits per heavy atom. The average molecular weight is 277 g/mol. The SMILES string of the molecule is CSC(=Nc1ccc(N(C)C)c(C(N)=O)c1)NC#N. The minimum atomic E-state index is -0.514. The van der Waals surface area contributed by atoms with Crippen LogP contribution in [0.1, 0.15) is 10.4 Å². The van der Waals surface area contributed by atoms with Crippen LogP contribution in [0, 0.1) is 11.5 Å². The van der Waals surface area contributed by atoms with E-state index in [4.69, 9.17) is 11.0 Å². The van der Waals surface area contributed by atoms with Gasteiger partial charge in [-0.05, 0) is 24.5 Å². The van der Waals surface area contributed by atoms with Crippen molar-refractivity contribution in [1.82, 2.24) is 5.32 Å². The fraction of sp³-hybridized carbons (Fsp3) is 0.250. The first-order valence-corrected chi connectivity index (χ1v) is 6.61. The van der Waals surface area contributed by atoms with Gasteiger partial charge in [0.05, 0.1) is 11.3 Å². The fourth-order valence-electron chi connectivity index (χ4n) is 1.47. The molecule has 1 amide bonds. The van der Waals surface area contributed by atoms with Crippen LogP contribution >= 0.6 is 11.8 Å². The molecule has 0 aliphatic heterocycles. The van der Waals surface area contributed by atoms with E-state index in [-0.39, 0.29) is 0 Å². The molecule has 0 radical (unpaired) electrons. The summed E-state index contributed by atoms with van der Waals surface area (Å²) in [4.78, 5) is 17.5. The molecule has 3 N–H and O–H groups in total. The number of nitrogens with zero attached hydrogens (tertiary/aromatic N) is 3. The number of anilines is 1. The van der Waals surface area contributed by atoms with Crippen molar-refractivity contribution in [3.63, 3.8) is 0 Å². The topological polar surface area (TPSA) is 94.5 Å². The molecule has 0 heterocycles. The molecular formula is C12H15N5OS. The quantitative estimate of drug-likeness (QED) is 0.375. The Morgan fingerprint density at radius 2 is 2.21 bits per heavy atom. The monoisotopic (exact) mass is 277 g/mol. The molecule has 0 aliphatic rings. The van der Waals surface area contributed by atoms with Gasteiger partial charge < -0.3 is 10.6 Å². The van der Waals surface area contributed by atoms with Crippen LogP contribution in [0.5, 0.6) is 0 Å². The smallest absolute Gasteiger partial charge is 0.250 e. The normalized spacial score (nSPS) is 10.7. The minimum Gasteiger partial charge on any atom is -0.377 e. The summed E-state index contributed by atoms with van der Waals surface area (Å²) in [6.45, 7) is 0. The van der Waals surface area contributed by atoms with Gasteiger partial charge in [0, 0.05) is 19.8 Å². The lowest BCUT2D eigenvalue weighted by atomic mass is 10.1. The van der Waals surface area contributed by atoms with Crippen LogP contribution in [0.3, 0.4) is 0 Å². The summed E-state index contributed by atoms with van der Waals surface area (Å²) in [5, 5.41) is 11.5. The standard InChI is InChI=1S/C12H15N5OS/c1-17(2)10-5-4-8(6-9(10)11(14)18)16-12(19-3)15-7-13/h4-6H,1-3H3,(H2,14,18)(H,15,16). The third-order valence-corrected chi connectivity index (χ3v) is 2.89. The number of aliphatic imine (C=N–C) groups is 1. The van der Waals surface area contributed by atoms with Crippen LogP contribution in [0.4, 0.5) is 11.4 Å². The number of carbonyl (C=O) groups excluding carboxylic acids is 1. The van der Waals surface area contributed by atoms with Crippen LogP contribution in [0.2, 0.25) is 0 Å². The van der Waals surface area contributed by atoms with Crippen LogP contribution in [0.15, 0.2) is 23.2 Å². The molecule has 0 spiro atoms. The predicted molar refractivity (Wildman–Crippen MR) is 78.6 cm³/mol. The lowest BCUT2D eigenvalue weighted by Gasteiger charge is -2.16. The van der Waals surface area contributed by atoms with E-state index in [9.17, 15) is 4.79 Å². The number of hydrogen-bond donors (Lipinski definition) is 2. The van der Waals surface area contributed by atoms with Crippen molar-refractivity contribution in [3.8, 4) is 6.19 Å². The van der Waals surface area contributed by atoms with E-state index in [1.165, 1.54) is 11.8 Å². The highest BCUT2D eigenvalue weighted by molar-refractivity contribution is 8.13. The first-order chi connectivity index (χ1) is 8.99. The van der Waals surface area contributed by atoms with E-state index >= 15 is 0 Å². The summed E-state index contributed by atoms with van der Waals surface area (Å²) in [6, 6.07) is 5.13. The second kappa shape index (κ2) is 6.66. The second-order valence-corrected chi connectivity index (χ2v) is 4.61. The van der Waals surface area contributed by atoms with E-state index in [1.54, 1.807) is 35.5 Å². The molecule has 0 fully saturated rings. The molecule has 1 aromatic rings. The number of nitrogens with two attached hydrogens (primary N) is 1. The maximum atomic E-state index is 11.4. The van der Waals surface area contributed by atoms with Gasteiger partial charge in [0.2, 0.25) is 0 Å². The molecule has 19 heavy (non-hydrogen) atoms. The lowest BCUT2D eigenvalue weighted by Crippen LogP contribution is -2.18. The van der Waals surface area contributed by atoms with Crippen LogP contribution in [0.25, 0.3) is 0 Å². The van der Waals surface area contributed by atoms with Gasteiger partial charge in [-0.25, -0.2) is 4.99 Å².